The fourth-order valence-electron chi connectivity index (χ4n) is 3.89. The van der Waals surface area contributed by atoms with Crippen molar-refractivity contribution < 1.29 is 47.6 Å². The summed E-state index contributed by atoms with van der Waals surface area (Å²) >= 11 is 0. The van der Waals surface area contributed by atoms with Crippen molar-refractivity contribution >= 4 is 23.9 Å². The molecule has 2 rings (SSSR count). The van der Waals surface area contributed by atoms with Crippen molar-refractivity contribution in [3.05, 3.63) is 107 Å². The number of benzene rings is 2. The van der Waals surface area contributed by atoms with Crippen molar-refractivity contribution in [2.45, 2.75) is 60.2 Å². The number of hydrogen-bond donors (Lipinski definition) is 0. The Bertz CT molecular complexity index is 1420. The van der Waals surface area contributed by atoms with Gasteiger partial charge < -0.3 is 28.4 Å². The van der Waals surface area contributed by atoms with Crippen molar-refractivity contribution in [2.75, 3.05) is 26.4 Å². The molecule has 0 spiro atoms. The van der Waals surface area contributed by atoms with E-state index < -0.39 is 36.1 Å². The lowest BCUT2D eigenvalue weighted by Gasteiger charge is -2.20. The van der Waals surface area contributed by atoms with Gasteiger partial charge in [0.25, 0.3) is 0 Å². The third kappa shape index (κ3) is 13.0. The molecule has 0 amide bonds. The largest absolute Gasteiger partial charge is 0.489 e. The van der Waals surface area contributed by atoms with Crippen LogP contribution in [0, 0.1) is 13.8 Å². The van der Waals surface area contributed by atoms with Gasteiger partial charge in [-0.2, -0.15) is 0 Å². The second-order valence-corrected chi connectivity index (χ2v) is 11.4. The van der Waals surface area contributed by atoms with Crippen molar-refractivity contribution in [2.24, 2.45) is 0 Å². The van der Waals surface area contributed by atoms with E-state index in [9.17, 15) is 19.2 Å². The number of hydrogen-bond acceptors (Lipinski definition) is 10. The Morgan fingerprint density at radius 1 is 0.553 bits per heavy atom. The lowest BCUT2D eigenvalue weighted by Crippen LogP contribution is -2.31. The van der Waals surface area contributed by atoms with Crippen molar-refractivity contribution in [1.29, 1.82) is 0 Å². The first kappa shape index (κ1) is 38.1. The molecule has 2 atom stereocenters. The molecule has 0 aliphatic carbocycles. The quantitative estimate of drug-likeness (QED) is 0.110. The molecule has 0 saturated heterocycles. The van der Waals surface area contributed by atoms with Crippen LogP contribution in [0.2, 0.25) is 0 Å². The molecule has 0 fully saturated rings. The highest BCUT2D eigenvalue weighted by Crippen LogP contribution is 2.25. The highest BCUT2D eigenvalue weighted by Gasteiger charge is 2.21. The number of aryl methyl sites for hydroxylation is 2. The normalized spacial score (nSPS) is 11.7. The van der Waals surface area contributed by atoms with Crippen LogP contribution in [-0.4, -0.2) is 62.5 Å². The van der Waals surface area contributed by atoms with Gasteiger partial charge in [-0.25, -0.2) is 19.2 Å². The Morgan fingerprint density at radius 2 is 0.894 bits per heavy atom. The predicted molar refractivity (Wildman–Crippen MR) is 177 cm³/mol. The van der Waals surface area contributed by atoms with Crippen LogP contribution < -0.4 is 9.47 Å². The molecule has 47 heavy (non-hydrogen) atoms. The second-order valence-electron chi connectivity index (χ2n) is 11.4. The average molecular weight is 649 g/mol. The van der Waals surface area contributed by atoms with E-state index in [1.54, 1.807) is 0 Å². The Kier molecular flexibility index (Phi) is 14.7. The molecular weight excluding hydrogens is 604 g/mol. The molecule has 0 aliphatic rings. The standard InChI is InChI=1S/C37H44O10/c1-22(2)34(38)44-20-30(46-36(40)24(5)6)18-42-32-13-11-28(15-26(32)9)17-29-12-14-33(27(10)16-29)43-19-31(47-37(41)25(7)8)21-45-35(39)23(3)4/h11-16,30-31H,1,3,5,7,17-21H2,2,4,6,8-10H3. The first-order valence-corrected chi connectivity index (χ1v) is 14.9. The van der Waals surface area contributed by atoms with Gasteiger partial charge >= 0.3 is 23.9 Å². The van der Waals surface area contributed by atoms with Crippen LogP contribution in [0.5, 0.6) is 11.5 Å². The van der Waals surface area contributed by atoms with Gasteiger partial charge in [0.1, 0.15) is 37.9 Å². The molecule has 10 heteroatoms. The molecule has 0 N–H and O–H groups in total. The number of carbonyl (C=O) groups is 4. The topological polar surface area (TPSA) is 124 Å². The van der Waals surface area contributed by atoms with E-state index in [2.05, 4.69) is 26.3 Å². The summed E-state index contributed by atoms with van der Waals surface area (Å²) in [6.07, 6.45) is -1.05. The fraction of sp³-hybridized carbons (Fsp3) is 0.351. The summed E-state index contributed by atoms with van der Waals surface area (Å²) in [5, 5.41) is 0. The number of rotatable bonds is 18. The lowest BCUT2D eigenvalue weighted by atomic mass is 10.0. The molecule has 0 heterocycles. The predicted octanol–water partition coefficient (Wildman–Crippen LogP) is 5.87. The minimum absolute atomic E-state index is 0.0348. The van der Waals surface area contributed by atoms with E-state index in [4.69, 9.17) is 28.4 Å². The van der Waals surface area contributed by atoms with Gasteiger partial charge in [0.05, 0.1) is 0 Å². The molecule has 10 nitrogen and oxygen atoms in total. The number of carbonyl (C=O) groups excluding carboxylic acids is 4. The zero-order chi connectivity index (χ0) is 35.3. The third-order valence-corrected chi connectivity index (χ3v) is 6.48. The van der Waals surface area contributed by atoms with Crippen molar-refractivity contribution in [1.82, 2.24) is 0 Å². The van der Waals surface area contributed by atoms with Crippen LogP contribution in [0.3, 0.4) is 0 Å². The summed E-state index contributed by atoms with van der Waals surface area (Å²) in [7, 11) is 0. The minimum Gasteiger partial charge on any atom is -0.489 e. The molecule has 252 valence electrons. The molecular formula is C37H44O10. The van der Waals surface area contributed by atoms with E-state index in [1.165, 1.54) is 27.7 Å². The van der Waals surface area contributed by atoms with E-state index in [-0.39, 0.29) is 48.7 Å². The maximum Gasteiger partial charge on any atom is 0.333 e. The van der Waals surface area contributed by atoms with E-state index in [0.29, 0.717) is 17.9 Å². The van der Waals surface area contributed by atoms with Gasteiger partial charge in [-0.1, -0.05) is 50.6 Å². The first-order valence-electron chi connectivity index (χ1n) is 14.9. The highest BCUT2D eigenvalue weighted by atomic mass is 16.6. The molecule has 0 aromatic heterocycles. The van der Waals surface area contributed by atoms with Crippen LogP contribution >= 0.6 is 0 Å². The summed E-state index contributed by atoms with van der Waals surface area (Å²) in [5.41, 5.74) is 4.70. The van der Waals surface area contributed by atoms with Crippen LogP contribution in [-0.2, 0) is 44.5 Å². The SMILES string of the molecule is C=C(C)C(=O)OCC(COc1ccc(Cc2ccc(OCC(COC(=O)C(=C)C)OC(=O)C(=C)C)c(C)c2)cc1C)OC(=O)C(=C)C. The van der Waals surface area contributed by atoms with Crippen molar-refractivity contribution in [3.63, 3.8) is 0 Å². The number of ether oxygens (including phenoxy) is 6. The zero-order valence-electron chi connectivity index (χ0n) is 28.1. The molecule has 2 unspecified atom stereocenters. The molecule has 0 saturated carbocycles. The summed E-state index contributed by atoms with van der Waals surface area (Å²) in [4.78, 5) is 47.8. The van der Waals surface area contributed by atoms with Gasteiger partial charge in [0.15, 0.2) is 12.2 Å². The highest BCUT2D eigenvalue weighted by molar-refractivity contribution is 5.88. The molecule has 0 bridgehead atoms. The molecule has 0 radical (unpaired) electrons. The Morgan fingerprint density at radius 3 is 1.19 bits per heavy atom. The monoisotopic (exact) mass is 648 g/mol. The maximum absolute atomic E-state index is 12.1. The van der Waals surface area contributed by atoms with Gasteiger partial charge in [0, 0.05) is 22.3 Å². The Labute approximate surface area is 276 Å². The first-order chi connectivity index (χ1) is 22.1. The second kappa shape index (κ2) is 18.1. The van der Waals surface area contributed by atoms with Gasteiger partial charge in [-0.05, 0) is 82.3 Å². The van der Waals surface area contributed by atoms with Crippen LogP contribution in [0.15, 0.2) is 85.0 Å². The third-order valence-electron chi connectivity index (χ3n) is 6.48. The smallest absolute Gasteiger partial charge is 0.333 e. The fourth-order valence-corrected chi connectivity index (χ4v) is 3.89. The molecule has 2 aromatic rings. The summed E-state index contributed by atoms with van der Waals surface area (Å²) in [6.45, 7) is 23.7. The molecule has 2 aromatic carbocycles. The zero-order valence-corrected chi connectivity index (χ0v) is 28.1. The lowest BCUT2D eigenvalue weighted by molar-refractivity contribution is -0.155. The van der Waals surface area contributed by atoms with Crippen LogP contribution in [0.4, 0.5) is 0 Å². The Hall–Kier alpha value is -5.12. The van der Waals surface area contributed by atoms with E-state index in [1.807, 2.05) is 50.2 Å². The van der Waals surface area contributed by atoms with Crippen LogP contribution in [0.1, 0.15) is 49.9 Å². The average Bonchev–Trinajstić information content (AvgIpc) is 3.00. The maximum atomic E-state index is 12.1. The minimum atomic E-state index is -0.843. The van der Waals surface area contributed by atoms with E-state index >= 15 is 0 Å². The van der Waals surface area contributed by atoms with Gasteiger partial charge in [-0.3, -0.25) is 0 Å². The van der Waals surface area contributed by atoms with Gasteiger partial charge in [-0.15, -0.1) is 0 Å². The number of esters is 4. The van der Waals surface area contributed by atoms with Crippen LogP contribution in [0.25, 0.3) is 0 Å². The summed E-state index contributed by atoms with van der Waals surface area (Å²) in [5.74, 6) is -1.23. The molecule has 0 aliphatic heterocycles. The summed E-state index contributed by atoms with van der Waals surface area (Å²) < 4.78 is 33.0. The van der Waals surface area contributed by atoms with Crippen molar-refractivity contribution in [3.8, 4) is 11.5 Å². The summed E-state index contributed by atoms with van der Waals surface area (Å²) in [6, 6.07) is 11.5. The van der Waals surface area contributed by atoms with E-state index in [0.717, 1.165) is 22.3 Å². The Balaban J connectivity index is 2.05. The van der Waals surface area contributed by atoms with Gasteiger partial charge in [0.2, 0.25) is 0 Å².